The zero-order valence-corrected chi connectivity index (χ0v) is 9.10. The predicted molar refractivity (Wildman–Crippen MR) is 60.1 cm³/mol. The SMILES string of the molecule is Nc1cc(CC2CCCCN2)cc(F)c1F. The fourth-order valence-corrected chi connectivity index (χ4v) is 2.17. The highest BCUT2D eigenvalue weighted by molar-refractivity contribution is 5.43. The number of nitrogens with two attached hydrogens (primary N) is 1. The first-order valence-corrected chi connectivity index (χ1v) is 5.63. The molecule has 0 saturated carbocycles. The summed E-state index contributed by atoms with van der Waals surface area (Å²) >= 11 is 0. The molecule has 16 heavy (non-hydrogen) atoms. The molecule has 0 aliphatic carbocycles. The number of hydrogen-bond donors (Lipinski definition) is 2. The summed E-state index contributed by atoms with van der Waals surface area (Å²) in [6, 6.07) is 3.12. The first-order chi connectivity index (χ1) is 7.66. The van der Waals surface area contributed by atoms with Crippen LogP contribution in [0, 0.1) is 11.6 Å². The van der Waals surface area contributed by atoms with Crippen LogP contribution in [0.1, 0.15) is 24.8 Å². The average molecular weight is 226 g/mol. The van der Waals surface area contributed by atoms with Crippen molar-refractivity contribution in [3.8, 4) is 0 Å². The second-order valence-corrected chi connectivity index (χ2v) is 4.33. The van der Waals surface area contributed by atoms with Gasteiger partial charge in [-0.3, -0.25) is 0 Å². The van der Waals surface area contributed by atoms with Crippen LogP contribution in [0.3, 0.4) is 0 Å². The highest BCUT2D eigenvalue weighted by atomic mass is 19.2. The van der Waals surface area contributed by atoms with Crippen molar-refractivity contribution in [1.82, 2.24) is 5.32 Å². The zero-order chi connectivity index (χ0) is 11.5. The minimum absolute atomic E-state index is 0.106. The third kappa shape index (κ3) is 2.50. The lowest BCUT2D eigenvalue weighted by Gasteiger charge is -2.23. The van der Waals surface area contributed by atoms with Gasteiger partial charge in [0.25, 0.3) is 0 Å². The second-order valence-electron chi connectivity index (χ2n) is 4.33. The third-order valence-electron chi connectivity index (χ3n) is 3.01. The Morgan fingerprint density at radius 1 is 1.31 bits per heavy atom. The highest BCUT2D eigenvalue weighted by Crippen LogP contribution is 2.19. The fourth-order valence-electron chi connectivity index (χ4n) is 2.17. The Balaban J connectivity index is 2.09. The lowest BCUT2D eigenvalue weighted by molar-refractivity contribution is 0.398. The summed E-state index contributed by atoms with van der Waals surface area (Å²) in [6.07, 6.45) is 4.17. The molecule has 1 aromatic carbocycles. The van der Waals surface area contributed by atoms with E-state index in [2.05, 4.69) is 5.32 Å². The van der Waals surface area contributed by atoms with Gasteiger partial charge in [0.1, 0.15) is 0 Å². The van der Waals surface area contributed by atoms with Crippen LogP contribution in [0.15, 0.2) is 12.1 Å². The Morgan fingerprint density at radius 2 is 2.12 bits per heavy atom. The van der Waals surface area contributed by atoms with Gasteiger partial charge < -0.3 is 11.1 Å². The van der Waals surface area contributed by atoms with Crippen LogP contribution in [0.2, 0.25) is 0 Å². The molecule has 2 rings (SSSR count). The van der Waals surface area contributed by atoms with E-state index in [1.54, 1.807) is 0 Å². The number of piperidine rings is 1. The Kier molecular flexibility index (Phi) is 3.39. The maximum Gasteiger partial charge on any atom is 0.181 e. The van der Waals surface area contributed by atoms with Crippen LogP contribution >= 0.6 is 0 Å². The molecule has 0 amide bonds. The van der Waals surface area contributed by atoms with Gasteiger partial charge in [-0.1, -0.05) is 6.42 Å². The summed E-state index contributed by atoms with van der Waals surface area (Å²) in [5, 5.41) is 3.36. The van der Waals surface area contributed by atoms with E-state index in [0.29, 0.717) is 12.5 Å². The Labute approximate surface area is 93.8 Å². The van der Waals surface area contributed by atoms with E-state index < -0.39 is 11.6 Å². The number of nitrogen functional groups attached to an aromatic ring is 1. The summed E-state index contributed by atoms with van der Waals surface area (Å²) in [7, 11) is 0. The summed E-state index contributed by atoms with van der Waals surface area (Å²) in [4.78, 5) is 0. The van der Waals surface area contributed by atoms with Crippen molar-refractivity contribution in [1.29, 1.82) is 0 Å². The number of benzene rings is 1. The second kappa shape index (κ2) is 4.78. The molecule has 1 aliphatic heterocycles. The highest BCUT2D eigenvalue weighted by Gasteiger charge is 2.15. The lowest BCUT2D eigenvalue weighted by atomic mass is 9.97. The topological polar surface area (TPSA) is 38.0 Å². The number of hydrogen-bond acceptors (Lipinski definition) is 2. The molecule has 0 spiro atoms. The Morgan fingerprint density at radius 3 is 2.75 bits per heavy atom. The van der Waals surface area contributed by atoms with Gasteiger partial charge in [0.05, 0.1) is 5.69 Å². The molecular formula is C12H16F2N2. The smallest absolute Gasteiger partial charge is 0.181 e. The van der Waals surface area contributed by atoms with E-state index in [1.807, 2.05) is 0 Å². The molecule has 0 radical (unpaired) electrons. The molecule has 3 N–H and O–H groups in total. The number of anilines is 1. The largest absolute Gasteiger partial charge is 0.396 e. The molecule has 1 unspecified atom stereocenters. The van der Waals surface area contributed by atoms with Crippen LogP contribution < -0.4 is 11.1 Å². The van der Waals surface area contributed by atoms with Crippen molar-refractivity contribution in [2.45, 2.75) is 31.7 Å². The number of halogens is 2. The predicted octanol–water partition coefficient (Wildman–Crippen LogP) is 2.23. The molecule has 1 aromatic rings. The van der Waals surface area contributed by atoms with Crippen LogP contribution in [-0.4, -0.2) is 12.6 Å². The van der Waals surface area contributed by atoms with Crippen molar-refractivity contribution >= 4 is 5.69 Å². The molecule has 1 heterocycles. The van der Waals surface area contributed by atoms with E-state index in [-0.39, 0.29) is 5.69 Å². The third-order valence-corrected chi connectivity index (χ3v) is 3.01. The van der Waals surface area contributed by atoms with Crippen LogP contribution in [-0.2, 0) is 6.42 Å². The molecule has 4 heteroatoms. The standard InChI is InChI=1S/C12H16F2N2/c13-10-6-8(7-11(15)12(10)14)5-9-3-1-2-4-16-9/h6-7,9,16H,1-5,15H2. The quantitative estimate of drug-likeness (QED) is 0.759. The van der Waals surface area contributed by atoms with Crippen molar-refractivity contribution in [2.75, 3.05) is 12.3 Å². The molecule has 1 saturated heterocycles. The molecule has 1 fully saturated rings. The summed E-state index contributed by atoms with van der Waals surface area (Å²) in [5.74, 6) is -1.80. The Bertz CT molecular complexity index is 350. The molecule has 1 atom stereocenters. The van der Waals surface area contributed by atoms with Gasteiger partial charge in [0, 0.05) is 6.04 Å². The van der Waals surface area contributed by atoms with Crippen molar-refractivity contribution in [3.63, 3.8) is 0 Å². The molecule has 2 nitrogen and oxygen atoms in total. The van der Waals surface area contributed by atoms with Crippen molar-refractivity contribution < 1.29 is 8.78 Å². The van der Waals surface area contributed by atoms with E-state index >= 15 is 0 Å². The lowest BCUT2D eigenvalue weighted by Crippen LogP contribution is -2.35. The van der Waals surface area contributed by atoms with Crippen LogP contribution in [0.4, 0.5) is 14.5 Å². The zero-order valence-electron chi connectivity index (χ0n) is 9.10. The average Bonchev–Trinajstić information content (AvgIpc) is 2.27. The van der Waals surface area contributed by atoms with Gasteiger partial charge in [-0.05, 0) is 43.5 Å². The maximum atomic E-state index is 13.1. The van der Waals surface area contributed by atoms with Crippen molar-refractivity contribution in [3.05, 3.63) is 29.3 Å². The van der Waals surface area contributed by atoms with Gasteiger partial charge in [-0.15, -0.1) is 0 Å². The minimum atomic E-state index is -0.944. The number of rotatable bonds is 2. The first kappa shape index (κ1) is 11.3. The van der Waals surface area contributed by atoms with Gasteiger partial charge in [0.2, 0.25) is 0 Å². The minimum Gasteiger partial charge on any atom is -0.396 e. The normalized spacial score (nSPS) is 21.0. The Hall–Kier alpha value is -1.16. The van der Waals surface area contributed by atoms with Gasteiger partial charge in [0.15, 0.2) is 11.6 Å². The first-order valence-electron chi connectivity index (χ1n) is 5.63. The van der Waals surface area contributed by atoms with E-state index in [0.717, 1.165) is 18.5 Å². The summed E-state index contributed by atoms with van der Waals surface area (Å²) in [6.45, 7) is 1.00. The molecular weight excluding hydrogens is 210 g/mol. The number of nitrogens with one attached hydrogen (secondary N) is 1. The van der Waals surface area contributed by atoms with Crippen molar-refractivity contribution in [2.24, 2.45) is 0 Å². The fraction of sp³-hybridized carbons (Fsp3) is 0.500. The summed E-state index contributed by atoms with van der Waals surface area (Å²) in [5.41, 5.74) is 6.05. The van der Waals surface area contributed by atoms with E-state index in [9.17, 15) is 8.78 Å². The van der Waals surface area contributed by atoms with Crippen LogP contribution in [0.5, 0.6) is 0 Å². The maximum absolute atomic E-state index is 13.1. The van der Waals surface area contributed by atoms with E-state index in [1.165, 1.54) is 25.0 Å². The monoisotopic (exact) mass is 226 g/mol. The molecule has 88 valence electrons. The van der Waals surface area contributed by atoms with Crippen LogP contribution in [0.25, 0.3) is 0 Å². The summed E-state index contributed by atoms with van der Waals surface area (Å²) < 4.78 is 26.1. The van der Waals surface area contributed by atoms with Gasteiger partial charge >= 0.3 is 0 Å². The van der Waals surface area contributed by atoms with E-state index in [4.69, 9.17) is 5.73 Å². The van der Waals surface area contributed by atoms with Gasteiger partial charge in [-0.25, -0.2) is 8.78 Å². The molecule has 0 aromatic heterocycles. The molecule has 0 bridgehead atoms. The van der Waals surface area contributed by atoms with Gasteiger partial charge in [-0.2, -0.15) is 0 Å². The molecule has 1 aliphatic rings.